The summed E-state index contributed by atoms with van der Waals surface area (Å²) in [6, 6.07) is 0. The number of amides is 1. The highest BCUT2D eigenvalue weighted by atomic mass is 31.1. The Morgan fingerprint density at radius 2 is 1.77 bits per heavy atom. The summed E-state index contributed by atoms with van der Waals surface area (Å²) in [6.07, 6.45) is 2.22. The van der Waals surface area contributed by atoms with Crippen LogP contribution in [0.5, 0.6) is 0 Å². The first-order valence-corrected chi connectivity index (χ1v) is 10.5. The van der Waals surface area contributed by atoms with Crippen molar-refractivity contribution in [1.82, 2.24) is 5.32 Å². The lowest BCUT2D eigenvalue weighted by atomic mass is 9.84. The topological polar surface area (TPSA) is 122 Å². The number of esters is 1. The van der Waals surface area contributed by atoms with Crippen LogP contribution < -0.4 is 5.32 Å². The van der Waals surface area contributed by atoms with E-state index in [-0.39, 0.29) is 24.8 Å². The highest BCUT2D eigenvalue weighted by Crippen LogP contribution is 2.40. The van der Waals surface area contributed by atoms with Gasteiger partial charge in [0.05, 0.1) is 5.92 Å². The Balaban J connectivity index is 2.36. The predicted octanol–water partition coefficient (Wildman–Crippen LogP) is 2.69. The third-order valence-electron chi connectivity index (χ3n) is 4.52. The molecule has 0 saturated heterocycles. The second-order valence-electron chi connectivity index (χ2n) is 7.04. The minimum atomic E-state index is -2.49. The van der Waals surface area contributed by atoms with Crippen molar-refractivity contribution in [1.29, 1.82) is 0 Å². The Kier molecular flexibility index (Phi) is 10.1. The summed E-state index contributed by atoms with van der Waals surface area (Å²) in [5.74, 6) is -0.756. The second kappa shape index (κ2) is 11.5. The van der Waals surface area contributed by atoms with Gasteiger partial charge in [-0.3, -0.25) is 4.79 Å². The van der Waals surface area contributed by atoms with Crippen molar-refractivity contribution in [3.63, 3.8) is 0 Å². The fourth-order valence-corrected chi connectivity index (χ4v) is 4.23. The molecule has 0 bridgehead atoms. The van der Waals surface area contributed by atoms with Gasteiger partial charge >= 0.3 is 20.1 Å². The Labute approximate surface area is 155 Å². The van der Waals surface area contributed by atoms with Crippen LogP contribution in [0.25, 0.3) is 0 Å². The Morgan fingerprint density at radius 3 is 2.31 bits per heavy atom. The van der Waals surface area contributed by atoms with Crippen LogP contribution in [0.4, 0.5) is 4.79 Å². The molecule has 4 atom stereocenters. The van der Waals surface area contributed by atoms with Gasteiger partial charge in [-0.1, -0.05) is 33.1 Å². The molecule has 0 aromatic rings. The number of rotatable bonds is 9. The molecule has 0 aliphatic heterocycles. The largest absolute Gasteiger partial charge is 0.511 e. The van der Waals surface area contributed by atoms with Crippen LogP contribution in [0.3, 0.4) is 0 Å². The van der Waals surface area contributed by atoms with E-state index in [1.165, 1.54) is 6.92 Å². The van der Waals surface area contributed by atoms with E-state index in [1.807, 2.05) is 0 Å². The van der Waals surface area contributed by atoms with E-state index in [0.29, 0.717) is 0 Å². The molecule has 3 N–H and O–H groups in total. The van der Waals surface area contributed by atoms with Crippen molar-refractivity contribution in [2.24, 2.45) is 11.8 Å². The van der Waals surface area contributed by atoms with Gasteiger partial charge in [-0.05, 0) is 23.8 Å². The van der Waals surface area contributed by atoms with E-state index in [4.69, 9.17) is 9.47 Å². The third-order valence-corrected chi connectivity index (χ3v) is 5.79. The first kappa shape index (κ1) is 22.8. The van der Waals surface area contributed by atoms with Crippen LogP contribution in [0.1, 0.15) is 59.3 Å². The summed E-state index contributed by atoms with van der Waals surface area (Å²) in [7, 11) is -2.49. The zero-order chi connectivity index (χ0) is 19.7. The molecule has 9 heteroatoms. The van der Waals surface area contributed by atoms with Gasteiger partial charge in [0, 0.05) is 19.4 Å². The molecule has 1 fully saturated rings. The Bertz CT molecular complexity index is 480. The molecule has 0 radical (unpaired) electrons. The summed E-state index contributed by atoms with van der Waals surface area (Å²) in [4.78, 5) is 32.7. The van der Waals surface area contributed by atoms with Crippen molar-refractivity contribution >= 4 is 20.1 Å². The number of hydrogen-bond acceptors (Lipinski definition) is 6. The van der Waals surface area contributed by atoms with Crippen LogP contribution in [0, 0.1) is 11.8 Å². The highest BCUT2D eigenvalue weighted by Gasteiger charge is 2.43. The van der Waals surface area contributed by atoms with E-state index in [0.717, 1.165) is 32.1 Å². The van der Waals surface area contributed by atoms with Crippen LogP contribution in [-0.2, 0) is 18.8 Å². The van der Waals surface area contributed by atoms with Crippen LogP contribution in [0.15, 0.2) is 0 Å². The molecule has 0 aromatic heterocycles. The highest BCUT2D eigenvalue weighted by molar-refractivity contribution is 7.39. The number of ether oxygens (including phenoxy) is 2. The average Bonchev–Trinajstić information content (AvgIpc) is 2.55. The molecule has 1 saturated carbocycles. The number of aliphatic hydroxyl groups is 1. The maximum absolute atomic E-state index is 11.7. The minimum Gasteiger partial charge on any atom is -0.425 e. The Hall–Kier alpha value is -1.24. The quantitative estimate of drug-likeness (QED) is 0.313. The molecule has 1 unspecified atom stereocenters. The van der Waals surface area contributed by atoms with E-state index >= 15 is 0 Å². The number of aliphatic hydroxyl groups excluding tert-OH is 1. The van der Waals surface area contributed by atoms with Gasteiger partial charge < -0.3 is 19.9 Å². The first-order valence-electron chi connectivity index (χ1n) is 9.20. The van der Waals surface area contributed by atoms with Gasteiger partial charge in [-0.2, -0.15) is 4.89 Å². The summed E-state index contributed by atoms with van der Waals surface area (Å²) in [5.41, 5.74) is -0.672. The van der Waals surface area contributed by atoms with Gasteiger partial charge in [0.25, 0.3) is 0 Å². The minimum absolute atomic E-state index is 0.0368. The maximum atomic E-state index is 11.7. The number of alkyl carbamates (subject to hydrolysis) is 1. The standard InChI is InChI=1S/C17H30NO7P/c1-11(2)16(20)24-12(3)25-17(21)18-10-9-14(19)15(26(22)23)13-7-5-4-6-8-13/h11-15,19H,4-10H2,1-3H3,(H-,18,21,22,23)/p+1/t12-,14-,15-/m0/s1. The van der Waals surface area contributed by atoms with Gasteiger partial charge in [-0.25, -0.2) is 4.79 Å². The molecular weight excluding hydrogens is 361 g/mol. The van der Waals surface area contributed by atoms with E-state index < -0.39 is 38.1 Å². The van der Waals surface area contributed by atoms with E-state index in [9.17, 15) is 24.2 Å². The molecule has 1 rings (SSSR count). The van der Waals surface area contributed by atoms with Crippen molar-refractivity contribution < 1.29 is 33.6 Å². The molecule has 0 heterocycles. The second-order valence-corrected chi connectivity index (χ2v) is 8.24. The average molecular weight is 392 g/mol. The molecule has 8 nitrogen and oxygen atoms in total. The summed E-state index contributed by atoms with van der Waals surface area (Å²) in [6.45, 7) is 4.87. The Morgan fingerprint density at radius 1 is 1.15 bits per heavy atom. The zero-order valence-electron chi connectivity index (χ0n) is 15.7. The fraction of sp³-hybridized carbons (Fsp3) is 0.882. The predicted molar refractivity (Wildman–Crippen MR) is 95.7 cm³/mol. The SMILES string of the molecule is CC(C)C(=O)O[C@H](C)OC(=O)NCC[C@H](O)[C@H](C1CCCCC1)[P+](=O)O. The normalized spacial score (nSPS) is 19.4. The molecule has 1 aliphatic carbocycles. The lowest BCUT2D eigenvalue weighted by molar-refractivity contribution is -0.168. The van der Waals surface area contributed by atoms with E-state index in [1.54, 1.807) is 13.8 Å². The van der Waals surface area contributed by atoms with Crippen molar-refractivity contribution in [3.05, 3.63) is 0 Å². The smallest absolute Gasteiger partial charge is 0.425 e. The molecule has 0 aromatic carbocycles. The van der Waals surface area contributed by atoms with Crippen LogP contribution >= 0.6 is 8.03 Å². The van der Waals surface area contributed by atoms with Gasteiger partial charge in [0.2, 0.25) is 11.9 Å². The lowest BCUT2D eigenvalue weighted by Gasteiger charge is -2.25. The molecule has 1 aliphatic rings. The summed E-state index contributed by atoms with van der Waals surface area (Å²) in [5, 5.41) is 12.8. The summed E-state index contributed by atoms with van der Waals surface area (Å²) >= 11 is 0. The molecular formula is C17H31NO7P+. The van der Waals surface area contributed by atoms with Crippen LogP contribution in [0.2, 0.25) is 0 Å². The monoisotopic (exact) mass is 392 g/mol. The number of nitrogens with one attached hydrogen (secondary N) is 1. The number of carbonyl (C=O) groups excluding carboxylic acids is 2. The molecule has 1 amide bonds. The van der Waals surface area contributed by atoms with Gasteiger partial charge in [-0.15, -0.1) is 0 Å². The van der Waals surface area contributed by atoms with Crippen molar-refractivity contribution in [2.45, 2.75) is 77.3 Å². The third kappa shape index (κ3) is 7.98. The maximum Gasteiger partial charge on any atom is 0.511 e. The lowest BCUT2D eigenvalue weighted by Crippen LogP contribution is -2.37. The van der Waals surface area contributed by atoms with Crippen molar-refractivity contribution in [2.75, 3.05) is 6.54 Å². The zero-order valence-corrected chi connectivity index (χ0v) is 16.6. The molecule has 0 spiro atoms. The molecule has 26 heavy (non-hydrogen) atoms. The van der Waals surface area contributed by atoms with E-state index in [2.05, 4.69) is 5.32 Å². The van der Waals surface area contributed by atoms with Gasteiger partial charge in [0.15, 0.2) is 0 Å². The first-order chi connectivity index (χ1) is 12.2. The number of hydrogen-bond donors (Lipinski definition) is 3. The fourth-order valence-electron chi connectivity index (χ4n) is 3.13. The summed E-state index contributed by atoms with van der Waals surface area (Å²) < 4.78 is 21.5. The number of carbonyl (C=O) groups is 2. The van der Waals surface area contributed by atoms with Crippen LogP contribution in [-0.4, -0.2) is 46.7 Å². The van der Waals surface area contributed by atoms with Gasteiger partial charge in [0.1, 0.15) is 6.10 Å². The molecule has 150 valence electrons. The van der Waals surface area contributed by atoms with Crippen molar-refractivity contribution in [3.8, 4) is 0 Å².